The number of aryl methyl sites for hydroxylation is 1. The van der Waals surface area contributed by atoms with Gasteiger partial charge in [-0.25, -0.2) is 9.78 Å². The van der Waals surface area contributed by atoms with Crippen molar-refractivity contribution in [3.8, 4) is 0 Å². The van der Waals surface area contributed by atoms with Gasteiger partial charge in [-0.2, -0.15) is 0 Å². The summed E-state index contributed by atoms with van der Waals surface area (Å²) in [6.07, 6.45) is 2.87. The lowest BCUT2D eigenvalue weighted by Gasteiger charge is -2.08. The number of nitrogens with one attached hydrogen (secondary N) is 2. The predicted octanol–water partition coefficient (Wildman–Crippen LogP) is 3.05. The third kappa shape index (κ3) is 3.90. The van der Waals surface area contributed by atoms with Gasteiger partial charge in [0.1, 0.15) is 0 Å². The van der Waals surface area contributed by atoms with E-state index in [0.29, 0.717) is 5.69 Å². The molecule has 2 rings (SSSR count). The van der Waals surface area contributed by atoms with Crippen LogP contribution in [0.4, 0.5) is 10.6 Å². The molecule has 0 atom stereocenters. The van der Waals surface area contributed by atoms with Gasteiger partial charge in [-0.15, -0.1) is 0 Å². The number of urea groups is 1. The van der Waals surface area contributed by atoms with Crippen molar-refractivity contribution >= 4 is 41.0 Å². The Balaban J connectivity index is 2.06. The summed E-state index contributed by atoms with van der Waals surface area (Å²) >= 11 is 11.8. The number of nitrogens with zero attached hydrogens (tertiary/aromatic N) is 2. The highest BCUT2D eigenvalue weighted by Crippen LogP contribution is 2.23. The van der Waals surface area contributed by atoms with Crippen LogP contribution >= 0.6 is 23.2 Å². The molecule has 0 aliphatic heterocycles. The first-order valence-electron chi connectivity index (χ1n) is 5.82. The van der Waals surface area contributed by atoms with Crippen molar-refractivity contribution in [2.24, 2.45) is 0 Å². The summed E-state index contributed by atoms with van der Waals surface area (Å²) < 4.78 is 0. The fourth-order valence-corrected chi connectivity index (χ4v) is 2.05. The number of imide groups is 1. The van der Waals surface area contributed by atoms with Gasteiger partial charge in [-0.05, 0) is 19.1 Å². The van der Waals surface area contributed by atoms with Crippen molar-refractivity contribution in [2.75, 3.05) is 5.32 Å². The van der Waals surface area contributed by atoms with E-state index in [0.717, 1.165) is 0 Å². The molecule has 0 aliphatic carbocycles. The van der Waals surface area contributed by atoms with Gasteiger partial charge >= 0.3 is 6.03 Å². The van der Waals surface area contributed by atoms with Crippen LogP contribution in [0.1, 0.15) is 16.1 Å². The second kappa shape index (κ2) is 6.51. The number of hydrogen-bond acceptors (Lipinski definition) is 4. The average molecular weight is 325 g/mol. The summed E-state index contributed by atoms with van der Waals surface area (Å²) in [5.41, 5.74) is 0.742. The molecule has 6 nitrogen and oxygen atoms in total. The zero-order valence-corrected chi connectivity index (χ0v) is 12.4. The molecule has 0 unspecified atom stereocenters. The van der Waals surface area contributed by atoms with Crippen molar-refractivity contribution in [1.29, 1.82) is 0 Å². The molecule has 0 bridgehead atoms. The van der Waals surface area contributed by atoms with Gasteiger partial charge in [-0.3, -0.25) is 20.4 Å². The molecule has 108 valence electrons. The zero-order valence-electron chi connectivity index (χ0n) is 10.9. The van der Waals surface area contributed by atoms with Crippen molar-refractivity contribution < 1.29 is 9.59 Å². The molecular formula is C13H10Cl2N4O2. The van der Waals surface area contributed by atoms with Gasteiger partial charge in [0, 0.05) is 0 Å². The van der Waals surface area contributed by atoms with Crippen LogP contribution in [-0.4, -0.2) is 21.9 Å². The number of rotatable bonds is 2. The van der Waals surface area contributed by atoms with Crippen LogP contribution in [0.25, 0.3) is 0 Å². The lowest BCUT2D eigenvalue weighted by Crippen LogP contribution is -2.35. The minimum Gasteiger partial charge on any atom is -0.291 e. The minimum absolute atomic E-state index is 0.0333. The van der Waals surface area contributed by atoms with E-state index in [9.17, 15) is 9.59 Å². The topological polar surface area (TPSA) is 84.0 Å². The molecule has 0 saturated carbocycles. The second-order valence-electron chi connectivity index (χ2n) is 4.05. The largest absolute Gasteiger partial charge is 0.327 e. The van der Waals surface area contributed by atoms with Crippen molar-refractivity contribution in [3.63, 3.8) is 0 Å². The molecule has 8 heteroatoms. The van der Waals surface area contributed by atoms with Gasteiger partial charge < -0.3 is 0 Å². The SMILES string of the molecule is Cc1cnc(NC(=O)NC(=O)c2c(Cl)cccc2Cl)cn1. The summed E-state index contributed by atoms with van der Waals surface area (Å²) in [6.45, 7) is 1.76. The first-order chi connectivity index (χ1) is 9.97. The van der Waals surface area contributed by atoms with Crippen LogP contribution in [0.15, 0.2) is 30.6 Å². The molecule has 1 aromatic carbocycles. The molecule has 0 spiro atoms. The number of amides is 3. The maximum absolute atomic E-state index is 12.0. The van der Waals surface area contributed by atoms with Crippen LogP contribution in [0, 0.1) is 6.92 Å². The molecule has 3 amide bonds. The summed E-state index contributed by atoms with van der Waals surface area (Å²) in [5, 5.41) is 4.80. The third-order valence-corrected chi connectivity index (χ3v) is 3.07. The van der Waals surface area contributed by atoms with Gasteiger partial charge in [0.25, 0.3) is 5.91 Å². The number of aromatic nitrogens is 2. The van der Waals surface area contributed by atoms with Crippen LogP contribution in [0.3, 0.4) is 0 Å². The first kappa shape index (κ1) is 15.2. The summed E-state index contributed by atoms with van der Waals surface area (Å²) in [5.74, 6) is -0.487. The normalized spacial score (nSPS) is 10.0. The highest BCUT2D eigenvalue weighted by molar-refractivity contribution is 6.40. The van der Waals surface area contributed by atoms with Gasteiger partial charge in [0.15, 0.2) is 5.82 Å². The predicted molar refractivity (Wildman–Crippen MR) is 79.7 cm³/mol. The second-order valence-corrected chi connectivity index (χ2v) is 4.86. The summed E-state index contributed by atoms with van der Waals surface area (Å²) in [4.78, 5) is 31.6. The summed E-state index contributed by atoms with van der Waals surface area (Å²) in [7, 11) is 0. The molecule has 2 aromatic rings. The third-order valence-electron chi connectivity index (χ3n) is 2.44. The van der Waals surface area contributed by atoms with Crippen LogP contribution in [0.2, 0.25) is 10.0 Å². The van der Waals surface area contributed by atoms with E-state index in [-0.39, 0.29) is 21.4 Å². The smallest absolute Gasteiger partial charge is 0.291 e. The van der Waals surface area contributed by atoms with Gasteiger partial charge in [-0.1, -0.05) is 29.3 Å². The number of halogens is 2. The number of hydrogen-bond donors (Lipinski definition) is 2. The van der Waals surface area contributed by atoms with E-state index in [1.165, 1.54) is 24.5 Å². The molecule has 2 N–H and O–H groups in total. The fourth-order valence-electron chi connectivity index (χ4n) is 1.49. The fraction of sp³-hybridized carbons (Fsp3) is 0.0769. The maximum Gasteiger partial charge on any atom is 0.327 e. The van der Waals surface area contributed by atoms with Crippen LogP contribution in [0.5, 0.6) is 0 Å². The average Bonchev–Trinajstić information content (AvgIpc) is 2.41. The quantitative estimate of drug-likeness (QED) is 0.889. The Morgan fingerprint density at radius 3 is 2.33 bits per heavy atom. The minimum atomic E-state index is -0.755. The molecule has 0 saturated heterocycles. The number of carbonyl (C=O) groups excluding carboxylic acids is 2. The monoisotopic (exact) mass is 324 g/mol. The lowest BCUT2D eigenvalue weighted by atomic mass is 10.2. The highest BCUT2D eigenvalue weighted by Gasteiger charge is 2.17. The molecule has 0 radical (unpaired) electrons. The van der Waals surface area contributed by atoms with Gasteiger partial charge in [0.2, 0.25) is 0 Å². The van der Waals surface area contributed by atoms with Crippen molar-refractivity contribution in [3.05, 3.63) is 51.9 Å². The van der Waals surface area contributed by atoms with Crippen molar-refractivity contribution in [2.45, 2.75) is 6.92 Å². The van der Waals surface area contributed by atoms with Crippen molar-refractivity contribution in [1.82, 2.24) is 15.3 Å². The molecule has 1 aromatic heterocycles. The molecule has 0 fully saturated rings. The van der Waals surface area contributed by atoms with Crippen LogP contribution < -0.4 is 10.6 Å². The molecular weight excluding hydrogens is 315 g/mol. The van der Waals surface area contributed by atoms with E-state index in [1.54, 1.807) is 13.0 Å². The van der Waals surface area contributed by atoms with E-state index in [2.05, 4.69) is 20.6 Å². The first-order valence-corrected chi connectivity index (χ1v) is 6.58. The lowest BCUT2D eigenvalue weighted by molar-refractivity contribution is 0.0967. The number of carbonyl (C=O) groups is 2. The van der Waals surface area contributed by atoms with E-state index < -0.39 is 11.9 Å². The Kier molecular flexibility index (Phi) is 4.72. The number of anilines is 1. The molecule has 1 heterocycles. The van der Waals surface area contributed by atoms with E-state index >= 15 is 0 Å². The molecule has 21 heavy (non-hydrogen) atoms. The highest BCUT2D eigenvalue weighted by atomic mass is 35.5. The Morgan fingerprint density at radius 1 is 1.10 bits per heavy atom. The molecule has 0 aliphatic rings. The van der Waals surface area contributed by atoms with E-state index in [4.69, 9.17) is 23.2 Å². The number of benzene rings is 1. The standard InChI is InChI=1S/C13H10Cl2N4O2/c1-7-5-17-10(6-16-7)18-13(21)19-12(20)11-8(14)3-2-4-9(11)15/h2-6H,1H3,(H2,17,18,19,20,21). The van der Waals surface area contributed by atoms with E-state index in [1.807, 2.05) is 0 Å². The Labute approximate surface area is 130 Å². The Morgan fingerprint density at radius 2 is 1.76 bits per heavy atom. The Bertz CT molecular complexity index is 669. The van der Waals surface area contributed by atoms with Crippen LogP contribution in [-0.2, 0) is 0 Å². The maximum atomic E-state index is 12.0. The Hall–Kier alpha value is -2.18. The van der Waals surface area contributed by atoms with Gasteiger partial charge in [0.05, 0.1) is 33.7 Å². The zero-order chi connectivity index (χ0) is 15.4. The summed E-state index contributed by atoms with van der Waals surface area (Å²) in [6, 6.07) is 3.86.